The molecule has 4 aromatic heterocycles. The molecule has 1 fully saturated rings. The monoisotopic (exact) mass is 625 g/mol. The van der Waals surface area contributed by atoms with E-state index in [1.54, 1.807) is 47.1 Å². The Morgan fingerprint density at radius 3 is 2.45 bits per heavy atom. The second-order valence-corrected chi connectivity index (χ2v) is 10.9. The van der Waals surface area contributed by atoms with Gasteiger partial charge in [-0.1, -0.05) is 54.6 Å². The summed E-state index contributed by atoms with van der Waals surface area (Å²) in [6.07, 6.45) is 8.96. The molecule has 0 atom stereocenters. The van der Waals surface area contributed by atoms with Crippen LogP contribution in [-0.2, 0) is 11.3 Å². The number of benzene rings is 1. The summed E-state index contributed by atoms with van der Waals surface area (Å²) in [5.41, 5.74) is 2.91. The second-order valence-electron chi connectivity index (χ2n) is 10.9. The molecule has 0 bridgehead atoms. The molecule has 0 unspecified atom stereocenters. The van der Waals surface area contributed by atoms with Gasteiger partial charge in [0.05, 0.1) is 11.8 Å². The number of aromatic nitrogens is 7. The standard InChI is InChI=1S/C20H20N5O2.C14H16N4O.Li/c1-12-15-11-22-20(23-16-9-5-6-10-21-16)24-18(15)25(14-7-3-4-8-14)19(27)17(12)13(2)26;1-3-17(4-2)14(19)11-18-10-13(15-16-18)12-8-6-5-7-9-12;/h5,9-11,14H,3-4,7-8H2,1-2H3,(H,21,22,23,24);5-10H,1-4,11H2;/q-1;-2;+1. The molecule has 0 saturated heterocycles. The summed E-state index contributed by atoms with van der Waals surface area (Å²) < 4.78 is 3.23. The van der Waals surface area contributed by atoms with Gasteiger partial charge in [0.25, 0.3) is 5.56 Å². The second kappa shape index (κ2) is 16.2. The molecule has 0 radical (unpaired) electrons. The zero-order chi connectivity index (χ0) is 32.6. The van der Waals surface area contributed by atoms with Gasteiger partial charge in [-0.3, -0.25) is 23.9 Å². The predicted molar refractivity (Wildman–Crippen MR) is 175 cm³/mol. The number of hydrogen-bond donors (Lipinski definition) is 1. The van der Waals surface area contributed by atoms with Crippen LogP contribution < -0.4 is 29.7 Å². The van der Waals surface area contributed by atoms with Crippen molar-refractivity contribution in [3.8, 4) is 11.3 Å². The minimum Gasteiger partial charge on any atom is -0.401 e. The van der Waals surface area contributed by atoms with E-state index in [0.29, 0.717) is 36.1 Å². The van der Waals surface area contributed by atoms with Gasteiger partial charge in [0.15, 0.2) is 5.78 Å². The maximum absolute atomic E-state index is 13.1. The first-order valence-corrected chi connectivity index (χ1v) is 15.1. The molecule has 0 spiro atoms. The zero-order valence-corrected chi connectivity index (χ0v) is 27.0. The first-order chi connectivity index (χ1) is 22.3. The van der Waals surface area contributed by atoms with Crippen molar-refractivity contribution in [2.24, 2.45) is 0 Å². The maximum atomic E-state index is 13.1. The molecule has 1 aliphatic carbocycles. The Kier molecular flexibility index (Phi) is 12.2. The number of amides is 1. The van der Waals surface area contributed by atoms with E-state index in [2.05, 4.69) is 50.5 Å². The third-order valence-corrected chi connectivity index (χ3v) is 7.90. The van der Waals surface area contributed by atoms with Gasteiger partial charge >= 0.3 is 18.9 Å². The van der Waals surface area contributed by atoms with Crippen molar-refractivity contribution in [3.05, 3.63) is 102 Å². The topological polar surface area (TPSA) is 141 Å². The van der Waals surface area contributed by atoms with Gasteiger partial charge in [-0.15, -0.1) is 18.2 Å². The number of carbonyl (C=O) groups excluding carboxylic acids is 2. The van der Waals surface area contributed by atoms with Gasteiger partial charge in [0, 0.05) is 29.0 Å². The van der Waals surface area contributed by atoms with Gasteiger partial charge < -0.3 is 24.1 Å². The molecule has 47 heavy (non-hydrogen) atoms. The third-order valence-electron chi connectivity index (χ3n) is 7.90. The Labute approximate surface area is 285 Å². The van der Waals surface area contributed by atoms with Crippen molar-refractivity contribution in [1.29, 1.82) is 0 Å². The van der Waals surface area contributed by atoms with Crippen LogP contribution in [0.4, 0.5) is 11.8 Å². The number of anilines is 2. The minimum absolute atomic E-state index is 0. The fourth-order valence-electron chi connectivity index (χ4n) is 5.53. The zero-order valence-electron chi connectivity index (χ0n) is 27.0. The van der Waals surface area contributed by atoms with Crippen molar-refractivity contribution < 1.29 is 28.4 Å². The molecule has 1 aliphatic rings. The molecule has 1 N–H and O–H groups in total. The van der Waals surface area contributed by atoms with E-state index in [4.69, 9.17) is 0 Å². The summed E-state index contributed by atoms with van der Waals surface area (Å²) >= 11 is 0. The molecule has 13 heteroatoms. The van der Waals surface area contributed by atoms with Crippen LogP contribution in [-0.4, -0.2) is 64.2 Å². The Hall–Kier alpha value is -4.66. The van der Waals surface area contributed by atoms with Crippen LogP contribution >= 0.6 is 0 Å². The van der Waals surface area contributed by atoms with Gasteiger partial charge in [0.1, 0.15) is 17.9 Å². The molecule has 1 saturated carbocycles. The predicted octanol–water partition coefficient (Wildman–Crippen LogP) is 1.80. The summed E-state index contributed by atoms with van der Waals surface area (Å²) in [5, 5.41) is 11.8. The van der Waals surface area contributed by atoms with E-state index in [9.17, 15) is 14.4 Å². The van der Waals surface area contributed by atoms with Crippen LogP contribution in [0.15, 0.2) is 65.8 Å². The summed E-state index contributed by atoms with van der Waals surface area (Å²) in [6, 6.07) is 16.1. The smallest absolute Gasteiger partial charge is 0.401 e. The van der Waals surface area contributed by atoms with Crippen LogP contribution in [0.3, 0.4) is 0 Å². The van der Waals surface area contributed by atoms with E-state index in [-0.39, 0.29) is 54.3 Å². The van der Waals surface area contributed by atoms with Crippen LogP contribution in [0.25, 0.3) is 22.3 Å². The van der Waals surface area contributed by atoms with E-state index in [1.165, 1.54) is 11.6 Å². The summed E-state index contributed by atoms with van der Waals surface area (Å²) in [7, 11) is 0. The third kappa shape index (κ3) is 8.20. The van der Waals surface area contributed by atoms with E-state index in [0.717, 1.165) is 42.3 Å². The number of hydrogen-bond acceptors (Lipinski definition) is 9. The Morgan fingerprint density at radius 2 is 1.81 bits per heavy atom. The van der Waals surface area contributed by atoms with Crippen LogP contribution in [0.5, 0.6) is 0 Å². The average molecular weight is 626 g/mol. The maximum Gasteiger partial charge on any atom is 1.00 e. The largest absolute Gasteiger partial charge is 1.00 e. The molecule has 12 nitrogen and oxygen atoms in total. The molecule has 5 aromatic rings. The van der Waals surface area contributed by atoms with Crippen LogP contribution in [0.2, 0.25) is 0 Å². The fraction of sp³-hybridized carbons (Fsp3) is 0.294. The average Bonchev–Trinajstić information content (AvgIpc) is 3.76. The number of nitrogens with zero attached hydrogens (tertiary/aromatic N) is 8. The van der Waals surface area contributed by atoms with E-state index < -0.39 is 0 Å². The number of fused-ring (bicyclic) bond motifs is 1. The van der Waals surface area contributed by atoms with Crippen molar-refractivity contribution in [1.82, 2.24) is 39.4 Å². The van der Waals surface area contributed by atoms with Gasteiger partial charge in [-0.25, -0.2) is 21.8 Å². The first kappa shape index (κ1) is 35.2. The molecule has 0 aliphatic heterocycles. The van der Waals surface area contributed by atoms with Crippen LogP contribution in [0.1, 0.15) is 54.6 Å². The molecular formula is C34H36LiN9O3-2. The minimum atomic E-state index is -0.253. The van der Waals surface area contributed by atoms with Gasteiger partial charge in [0.2, 0.25) is 11.9 Å². The Morgan fingerprint density at radius 1 is 1.09 bits per heavy atom. The molecule has 6 rings (SSSR count). The molecule has 4 heterocycles. The van der Waals surface area contributed by atoms with Crippen molar-refractivity contribution >= 4 is 34.5 Å². The van der Waals surface area contributed by atoms with Gasteiger partial charge in [-0.2, -0.15) is 11.1 Å². The SMILES string of the molecule is CC(=O)c1c(C)c2cnc(Nc3cc[c-]cn3)nc2n(C2CCCC2)c1=O.[CH2-]CN(C[CH2-])C(=O)Cn1cc(-c2ccccc2)nn1.[Li+]. The summed E-state index contributed by atoms with van der Waals surface area (Å²) in [6.45, 7) is 11.6. The first-order valence-electron chi connectivity index (χ1n) is 15.1. The number of nitrogens with one attached hydrogen (secondary N) is 1. The normalized spacial score (nSPS) is 12.6. The number of ketones is 1. The Bertz CT molecular complexity index is 1870. The number of aryl methyl sites for hydroxylation is 1. The van der Waals surface area contributed by atoms with Crippen molar-refractivity contribution in [3.63, 3.8) is 0 Å². The number of carbonyl (C=O) groups is 2. The molecule has 238 valence electrons. The molecule has 1 aromatic carbocycles. The molecule has 1 amide bonds. The number of pyridine rings is 2. The quantitative estimate of drug-likeness (QED) is 0.148. The summed E-state index contributed by atoms with van der Waals surface area (Å²) in [5.74, 6) is 0.676. The van der Waals surface area contributed by atoms with Crippen molar-refractivity contribution in [2.45, 2.75) is 52.1 Å². The van der Waals surface area contributed by atoms with Crippen molar-refractivity contribution in [2.75, 3.05) is 18.4 Å². The Balaban J connectivity index is 0.000000221. The molecular weight excluding hydrogens is 589 g/mol. The van der Waals surface area contributed by atoms with Crippen LogP contribution in [0, 0.1) is 26.8 Å². The number of Topliss-reactive ketones (excluding diaryl/α,β-unsaturated/α-hetero) is 1. The fourth-order valence-corrected chi connectivity index (χ4v) is 5.53. The summed E-state index contributed by atoms with van der Waals surface area (Å²) in [4.78, 5) is 51.9. The number of rotatable bonds is 9. The van der Waals surface area contributed by atoms with Gasteiger partial charge in [-0.05, 0) is 32.3 Å². The van der Waals surface area contributed by atoms with E-state index in [1.807, 2.05) is 30.3 Å². The van der Waals surface area contributed by atoms with E-state index >= 15 is 0 Å².